The lowest BCUT2D eigenvalue weighted by molar-refractivity contribution is -0.116. The molecule has 2 amide bonds. The zero-order chi connectivity index (χ0) is 22.8. The van der Waals surface area contributed by atoms with Crippen LogP contribution in [0.4, 0.5) is 11.4 Å². The molecule has 7 heteroatoms. The van der Waals surface area contributed by atoms with Gasteiger partial charge in [-0.3, -0.25) is 14.9 Å². The van der Waals surface area contributed by atoms with Crippen molar-refractivity contribution in [3.05, 3.63) is 101 Å². The smallest absolute Gasteiger partial charge is 0.250 e. The Labute approximate surface area is 197 Å². The van der Waals surface area contributed by atoms with Gasteiger partial charge in [0.05, 0.1) is 0 Å². The number of anilines is 2. The molecule has 162 valence electrons. The molecule has 5 nitrogen and oxygen atoms in total. The number of nitrogens with one attached hydrogen (secondary N) is 3. The number of aryl methyl sites for hydroxylation is 1. The minimum atomic E-state index is -0.347. The summed E-state index contributed by atoms with van der Waals surface area (Å²) in [5.41, 5.74) is 3.36. The number of thiocarbonyl (C=S) groups is 1. The second-order valence-corrected chi connectivity index (χ2v) is 7.78. The van der Waals surface area contributed by atoms with Crippen molar-refractivity contribution >= 4 is 58.2 Å². The molecule has 0 saturated carbocycles. The Morgan fingerprint density at radius 2 is 1.47 bits per heavy atom. The number of hydrogen-bond donors (Lipinski definition) is 3. The SMILES string of the molecule is O=C(/C=C/c1ccc(Cl)cc1)NC(=S)Nc1ccc(NC(=O)CCc2ccccc2)cc1. The molecule has 0 fully saturated rings. The van der Waals surface area contributed by atoms with E-state index in [1.54, 1.807) is 42.5 Å². The van der Waals surface area contributed by atoms with Gasteiger partial charge in [-0.2, -0.15) is 0 Å². The summed E-state index contributed by atoms with van der Waals surface area (Å²) in [7, 11) is 0. The van der Waals surface area contributed by atoms with Gasteiger partial charge in [0.2, 0.25) is 11.8 Å². The van der Waals surface area contributed by atoms with Gasteiger partial charge in [-0.15, -0.1) is 0 Å². The van der Waals surface area contributed by atoms with Crippen LogP contribution in [-0.2, 0) is 16.0 Å². The Bertz CT molecular complexity index is 1100. The summed E-state index contributed by atoms with van der Waals surface area (Å²) in [5.74, 6) is -0.399. The van der Waals surface area contributed by atoms with Crippen LogP contribution < -0.4 is 16.0 Å². The minimum absolute atomic E-state index is 0.0511. The van der Waals surface area contributed by atoms with E-state index in [-0.39, 0.29) is 16.9 Å². The van der Waals surface area contributed by atoms with Crippen molar-refractivity contribution in [1.82, 2.24) is 5.32 Å². The van der Waals surface area contributed by atoms with Crippen molar-refractivity contribution in [2.24, 2.45) is 0 Å². The van der Waals surface area contributed by atoms with Crippen LogP contribution in [0, 0.1) is 0 Å². The van der Waals surface area contributed by atoms with E-state index in [0.717, 1.165) is 11.1 Å². The summed E-state index contributed by atoms with van der Waals surface area (Å²) in [6, 6.07) is 24.1. The number of halogens is 1. The number of carbonyl (C=O) groups excluding carboxylic acids is 2. The van der Waals surface area contributed by atoms with Crippen LogP contribution in [-0.4, -0.2) is 16.9 Å². The van der Waals surface area contributed by atoms with Crippen molar-refractivity contribution in [3.8, 4) is 0 Å². The van der Waals surface area contributed by atoms with E-state index < -0.39 is 0 Å². The molecule has 0 saturated heterocycles. The van der Waals surface area contributed by atoms with E-state index in [1.165, 1.54) is 6.08 Å². The molecule has 0 spiro atoms. The number of hydrogen-bond acceptors (Lipinski definition) is 3. The van der Waals surface area contributed by atoms with Crippen molar-refractivity contribution < 1.29 is 9.59 Å². The van der Waals surface area contributed by atoms with E-state index >= 15 is 0 Å². The Morgan fingerprint density at radius 3 is 2.12 bits per heavy atom. The van der Waals surface area contributed by atoms with Gasteiger partial charge in [0.15, 0.2) is 5.11 Å². The number of benzene rings is 3. The fourth-order valence-corrected chi connectivity index (χ4v) is 3.17. The van der Waals surface area contributed by atoms with Crippen LogP contribution in [0.1, 0.15) is 17.5 Å². The minimum Gasteiger partial charge on any atom is -0.332 e. The zero-order valence-electron chi connectivity index (χ0n) is 17.2. The predicted octanol–water partition coefficient (Wildman–Crippen LogP) is 5.44. The summed E-state index contributed by atoms with van der Waals surface area (Å²) < 4.78 is 0. The average molecular weight is 464 g/mol. The van der Waals surface area contributed by atoms with Gasteiger partial charge in [-0.05, 0) is 72.2 Å². The van der Waals surface area contributed by atoms with Gasteiger partial charge in [0, 0.05) is 28.9 Å². The molecular weight excluding hydrogens is 442 g/mol. The summed E-state index contributed by atoms with van der Waals surface area (Å²) in [5, 5.41) is 9.21. The fraction of sp³-hybridized carbons (Fsp3) is 0.0800. The molecule has 0 radical (unpaired) electrons. The Kier molecular flexibility index (Phi) is 8.54. The molecule has 3 rings (SSSR count). The van der Waals surface area contributed by atoms with E-state index in [9.17, 15) is 9.59 Å². The highest BCUT2D eigenvalue weighted by Gasteiger charge is 2.05. The highest BCUT2D eigenvalue weighted by atomic mass is 35.5. The third-order valence-electron chi connectivity index (χ3n) is 4.44. The lowest BCUT2D eigenvalue weighted by atomic mass is 10.1. The first-order valence-electron chi connectivity index (χ1n) is 9.97. The second-order valence-electron chi connectivity index (χ2n) is 6.94. The monoisotopic (exact) mass is 463 g/mol. The molecule has 3 aromatic rings. The van der Waals surface area contributed by atoms with E-state index in [1.807, 2.05) is 42.5 Å². The van der Waals surface area contributed by atoms with E-state index in [4.69, 9.17) is 23.8 Å². The molecule has 0 aliphatic carbocycles. The quantitative estimate of drug-likeness (QED) is 0.322. The van der Waals surface area contributed by atoms with Crippen molar-refractivity contribution in [1.29, 1.82) is 0 Å². The highest BCUT2D eigenvalue weighted by Crippen LogP contribution is 2.14. The molecule has 0 aromatic heterocycles. The highest BCUT2D eigenvalue weighted by molar-refractivity contribution is 7.80. The molecule has 3 aromatic carbocycles. The van der Waals surface area contributed by atoms with Gasteiger partial charge in [0.1, 0.15) is 0 Å². The van der Waals surface area contributed by atoms with E-state index in [0.29, 0.717) is 29.2 Å². The predicted molar refractivity (Wildman–Crippen MR) is 135 cm³/mol. The second kappa shape index (κ2) is 11.8. The normalized spacial score (nSPS) is 10.5. The van der Waals surface area contributed by atoms with Crippen LogP contribution in [0.3, 0.4) is 0 Å². The third kappa shape index (κ3) is 7.98. The number of amides is 2. The zero-order valence-corrected chi connectivity index (χ0v) is 18.7. The summed E-state index contributed by atoms with van der Waals surface area (Å²) >= 11 is 11.0. The molecule has 0 unspecified atom stereocenters. The van der Waals surface area contributed by atoms with Crippen LogP contribution in [0.15, 0.2) is 84.9 Å². The molecule has 0 aliphatic heterocycles. The van der Waals surface area contributed by atoms with Crippen LogP contribution in [0.5, 0.6) is 0 Å². The molecule has 0 atom stereocenters. The Morgan fingerprint density at radius 1 is 0.844 bits per heavy atom. The lowest BCUT2D eigenvalue weighted by Gasteiger charge is -2.10. The molecule has 0 aliphatic rings. The Balaban J connectivity index is 1.43. The standard InChI is InChI=1S/C25H22ClN3O2S/c26-20-10-6-19(7-11-20)9-17-24(31)29-25(32)28-22-14-12-21(13-15-22)27-23(30)16-8-18-4-2-1-3-5-18/h1-7,9-15,17H,8,16H2,(H,27,30)(H2,28,29,31,32)/b17-9+. The summed E-state index contributed by atoms with van der Waals surface area (Å²) in [4.78, 5) is 24.2. The van der Waals surface area contributed by atoms with Gasteiger partial charge in [-0.1, -0.05) is 54.1 Å². The topological polar surface area (TPSA) is 70.2 Å². The summed E-state index contributed by atoms with van der Waals surface area (Å²) in [6.07, 6.45) is 4.16. The van der Waals surface area contributed by atoms with Crippen molar-refractivity contribution in [2.45, 2.75) is 12.8 Å². The van der Waals surface area contributed by atoms with Gasteiger partial charge in [0.25, 0.3) is 0 Å². The lowest BCUT2D eigenvalue weighted by Crippen LogP contribution is -2.32. The van der Waals surface area contributed by atoms with Gasteiger partial charge in [-0.25, -0.2) is 0 Å². The van der Waals surface area contributed by atoms with Crippen LogP contribution >= 0.6 is 23.8 Å². The number of rotatable bonds is 7. The largest absolute Gasteiger partial charge is 0.332 e. The average Bonchev–Trinajstić information content (AvgIpc) is 2.79. The first-order valence-corrected chi connectivity index (χ1v) is 10.8. The van der Waals surface area contributed by atoms with Gasteiger partial charge < -0.3 is 10.6 Å². The molecule has 0 bridgehead atoms. The van der Waals surface area contributed by atoms with Gasteiger partial charge >= 0.3 is 0 Å². The molecule has 0 heterocycles. The maximum absolute atomic E-state index is 12.1. The van der Waals surface area contributed by atoms with Crippen LogP contribution in [0.25, 0.3) is 6.08 Å². The van der Waals surface area contributed by atoms with Crippen LogP contribution in [0.2, 0.25) is 5.02 Å². The molecule has 3 N–H and O–H groups in total. The van der Waals surface area contributed by atoms with Crippen molar-refractivity contribution in [2.75, 3.05) is 10.6 Å². The maximum Gasteiger partial charge on any atom is 0.250 e. The molecular formula is C25H22ClN3O2S. The third-order valence-corrected chi connectivity index (χ3v) is 4.90. The first kappa shape index (κ1) is 23.2. The van der Waals surface area contributed by atoms with E-state index in [2.05, 4.69) is 16.0 Å². The maximum atomic E-state index is 12.1. The Hall–Kier alpha value is -3.48. The first-order chi connectivity index (χ1) is 15.5. The fourth-order valence-electron chi connectivity index (χ4n) is 2.82. The molecule has 32 heavy (non-hydrogen) atoms. The van der Waals surface area contributed by atoms with Crippen molar-refractivity contribution in [3.63, 3.8) is 0 Å². The number of carbonyl (C=O) groups is 2. The summed E-state index contributed by atoms with van der Waals surface area (Å²) in [6.45, 7) is 0.